The van der Waals surface area contributed by atoms with Crippen LogP contribution in [0, 0.1) is 5.92 Å². The molecule has 0 aliphatic carbocycles. The fourth-order valence-electron chi connectivity index (χ4n) is 1.56. The van der Waals surface area contributed by atoms with Crippen LogP contribution >= 0.6 is 0 Å². The Kier molecular flexibility index (Phi) is 8.10. The lowest BCUT2D eigenvalue weighted by molar-refractivity contribution is -0.132. The molecule has 0 fully saturated rings. The van der Waals surface area contributed by atoms with E-state index in [4.69, 9.17) is 10.2 Å². The molecular formula is C14H26N2O4. The number of aliphatic hydroxyl groups is 2. The molecule has 0 aromatic carbocycles. The number of rotatable bonds is 9. The zero-order valence-electron chi connectivity index (χ0n) is 12.5. The molecule has 0 radical (unpaired) electrons. The molecule has 0 unspecified atom stereocenters. The Morgan fingerprint density at radius 2 is 1.95 bits per heavy atom. The van der Waals surface area contributed by atoms with Crippen LogP contribution in [0.1, 0.15) is 33.6 Å². The van der Waals surface area contributed by atoms with Crippen molar-refractivity contribution in [3.63, 3.8) is 0 Å². The number of carbonyl (C=O) groups excluding carboxylic acids is 2. The molecule has 0 aliphatic rings. The summed E-state index contributed by atoms with van der Waals surface area (Å²) in [7, 11) is 0. The molecule has 2 amide bonds. The fourth-order valence-corrected chi connectivity index (χ4v) is 1.56. The van der Waals surface area contributed by atoms with E-state index in [9.17, 15) is 9.59 Å². The summed E-state index contributed by atoms with van der Waals surface area (Å²) in [5, 5.41) is 23.3. The van der Waals surface area contributed by atoms with Crippen LogP contribution in [-0.2, 0) is 9.59 Å². The molecule has 0 bridgehead atoms. The Balaban J connectivity index is 4.59. The highest BCUT2D eigenvalue weighted by Crippen LogP contribution is 2.12. The van der Waals surface area contributed by atoms with Gasteiger partial charge in [-0.05, 0) is 27.2 Å². The molecular weight excluding hydrogens is 260 g/mol. The molecule has 0 aromatic rings. The molecule has 2 atom stereocenters. The smallest absolute Gasteiger partial charge is 0.224 e. The minimum absolute atomic E-state index is 0.0176. The second-order valence-corrected chi connectivity index (χ2v) is 5.61. The van der Waals surface area contributed by atoms with Gasteiger partial charge in [0.2, 0.25) is 11.8 Å². The summed E-state index contributed by atoms with van der Waals surface area (Å²) in [4.78, 5) is 23.9. The first-order chi connectivity index (χ1) is 9.25. The minimum Gasteiger partial charge on any atom is -0.394 e. The van der Waals surface area contributed by atoms with E-state index in [-0.39, 0.29) is 37.5 Å². The Hall–Kier alpha value is -1.40. The van der Waals surface area contributed by atoms with Crippen LogP contribution in [0.25, 0.3) is 0 Å². The molecule has 0 aromatic heterocycles. The Bertz CT molecular complexity index is 342. The highest BCUT2D eigenvalue weighted by Gasteiger charge is 2.26. The molecule has 6 heteroatoms. The zero-order valence-corrected chi connectivity index (χ0v) is 12.5. The zero-order chi connectivity index (χ0) is 15.8. The van der Waals surface area contributed by atoms with Crippen LogP contribution in [0.3, 0.4) is 0 Å². The van der Waals surface area contributed by atoms with Crippen LogP contribution in [0.15, 0.2) is 12.7 Å². The van der Waals surface area contributed by atoms with Crippen LogP contribution in [0.2, 0.25) is 0 Å². The van der Waals surface area contributed by atoms with Crippen LogP contribution in [-0.4, -0.2) is 46.8 Å². The first-order valence-corrected chi connectivity index (χ1v) is 6.69. The third-order valence-electron chi connectivity index (χ3n) is 2.79. The van der Waals surface area contributed by atoms with Gasteiger partial charge >= 0.3 is 0 Å². The van der Waals surface area contributed by atoms with Gasteiger partial charge < -0.3 is 20.8 Å². The number of aliphatic hydroxyl groups excluding tert-OH is 2. The van der Waals surface area contributed by atoms with Gasteiger partial charge in [0.1, 0.15) is 0 Å². The molecule has 0 saturated carbocycles. The average molecular weight is 286 g/mol. The number of nitrogens with one attached hydrogen (secondary N) is 2. The second kappa shape index (κ2) is 8.71. The normalized spacial score (nSPS) is 14.2. The molecule has 6 nitrogen and oxygen atoms in total. The molecule has 0 spiro atoms. The number of amides is 2. The van der Waals surface area contributed by atoms with E-state index in [1.807, 2.05) is 0 Å². The summed E-state index contributed by atoms with van der Waals surface area (Å²) < 4.78 is 0. The van der Waals surface area contributed by atoms with E-state index in [2.05, 4.69) is 17.2 Å². The van der Waals surface area contributed by atoms with Crippen LogP contribution < -0.4 is 10.6 Å². The largest absolute Gasteiger partial charge is 0.394 e. The number of carbonyl (C=O) groups is 2. The maximum atomic E-state index is 12.1. The predicted octanol–water partition coefficient (Wildman–Crippen LogP) is -0.0471. The molecule has 0 aliphatic heterocycles. The van der Waals surface area contributed by atoms with Gasteiger partial charge in [-0.25, -0.2) is 0 Å². The van der Waals surface area contributed by atoms with Crippen molar-refractivity contribution in [3.05, 3.63) is 12.7 Å². The quantitative estimate of drug-likeness (QED) is 0.447. The van der Waals surface area contributed by atoms with Gasteiger partial charge in [0.05, 0.1) is 24.7 Å². The van der Waals surface area contributed by atoms with Crippen molar-refractivity contribution in [2.45, 2.75) is 45.2 Å². The van der Waals surface area contributed by atoms with Gasteiger partial charge in [-0.1, -0.05) is 6.08 Å². The summed E-state index contributed by atoms with van der Waals surface area (Å²) in [6.45, 7) is 8.32. The SMILES string of the molecule is C=CC[C@H](CC(=O)N[C@H](C)CO)C(=O)NC(C)(C)CO. The highest BCUT2D eigenvalue weighted by atomic mass is 16.3. The van der Waals surface area contributed by atoms with E-state index >= 15 is 0 Å². The van der Waals surface area contributed by atoms with Crippen LogP contribution in [0.5, 0.6) is 0 Å². The maximum absolute atomic E-state index is 12.1. The van der Waals surface area contributed by atoms with E-state index in [0.29, 0.717) is 6.42 Å². The second-order valence-electron chi connectivity index (χ2n) is 5.61. The van der Waals surface area contributed by atoms with E-state index in [0.717, 1.165) is 0 Å². The molecule has 20 heavy (non-hydrogen) atoms. The van der Waals surface area contributed by atoms with Gasteiger partial charge in [0, 0.05) is 12.5 Å². The topological polar surface area (TPSA) is 98.7 Å². The van der Waals surface area contributed by atoms with E-state index in [1.165, 1.54) is 0 Å². The molecule has 116 valence electrons. The van der Waals surface area contributed by atoms with Gasteiger partial charge in [-0.15, -0.1) is 6.58 Å². The van der Waals surface area contributed by atoms with Crippen molar-refractivity contribution in [3.8, 4) is 0 Å². The molecule has 0 heterocycles. The summed E-state index contributed by atoms with van der Waals surface area (Å²) in [6, 6.07) is -0.344. The van der Waals surface area contributed by atoms with Crippen molar-refractivity contribution in [2.75, 3.05) is 13.2 Å². The summed E-state index contributed by atoms with van der Waals surface area (Å²) >= 11 is 0. The molecule has 0 rings (SSSR count). The Labute approximate surface area is 120 Å². The van der Waals surface area contributed by atoms with Gasteiger partial charge in [0.15, 0.2) is 0 Å². The first-order valence-electron chi connectivity index (χ1n) is 6.69. The lowest BCUT2D eigenvalue weighted by atomic mass is 9.97. The Morgan fingerprint density at radius 1 is 1.35 bits per heavy atom. The van der Waals surface area contributed by atoms with Crippen molar-refractivity contribution in [1.29, 1.82) is 0 Å². The highest BCUT2D eigenvalue weighted by molar-refractivity contribution is 5.86. The third kappa shape index (κ3) is 7.25. The molecule has 0 saturated heterocycles. The van der Waals surface area contributed by atoms with Gasteiger partial charge in [0.25, 0.3) is 0 Å². The van der Waals surface area contributed by atoms with Crippen molar-refractivity contribution in [2.24, 2.45) is 5.92 Å². The van der Waals surface area contributed by atoms with E-state index in [1.54, 1.807) is 26.8 Å². The Morgan fingerprint density at radius 3 is 2.40 bits per heavy atom. The van der Waals surface area contributed by atoms with E-state index < -0.39 is 11.5 Å². The van der Waals surface area contributed by atoms with Gasteiger partial charge in [-0.3, -0.25) is 9.59 Å². The summed E-state index contributed by atoms with van der Waals surface area (Å²) in [5.41, 5.74) is -0.731. The number of allylic oxidation sites excluding steroid dienone is 1. The third-order valence-corrected chi connectivity index (χ3v) is 2.79. The van der Waals surface area contributed by atoms with Gasteiger partial charge in [-0.2, -0.15) is 0 Å². The lowest BCUT2D eigenvalue weighted by Gasteiger charge is -2.26. The summed E-state index contributed by atoms with van der Waals surface area (Å²) in [5.74, 6) is -1.13. The lowest BCUT2D eigenvalue weighted by Crippen LogP contribution is -2.49. The minimum atomic E-state index is -0.731. The number of hydrogen-bond acceptors (Lipinski definition) is 4. The standard InChI is InChI=1S/C14H26N2O4/c1-5-6-11(7-12(19)15-10(2)8-17)13(20)16-14(3,4)9-18/h5,10-11,17-18H,1,6-9H2,2-4H3,(H,15,19)(H,16,20)/t10-,11-/m1/s1. The first kappa shape index (κ1) is 18.6. The van der Waals surface area contributed by atoms with Crippen molar-refractivity contribution >= 4 is 11.8 Å². The van der Waals surface area contributed by atoms with Crippen molar-refractivity contribution in [1.82, 2.24) is 10.6 Å². The summed E-state index contributed by atoms with van der Waals surface area (Å²) in [6.07, 6.45) is 1.97. The van der Waals surface area contributed by atoms with Crippen LogP contribution in [0.4, 0.5) is 0 Å². The maximum Gasteiger partial charge on any atom is 0.224 e. The monoisotopic (exact) mass is 286 g/mol. The predicted molar refractivity (Wildman–Crippen MR) is 76.9 cm³/mol. The number of hydrogen-bond donors (Lipinski definition) is 4. The molecule has 4 N–H and O–H groups in total. The fraction of sp³-hybridized carbons (Fsp3) is 0.714. The average Bonchev–Trinajstić information content (AvgIpc) is 2.37. The van der Waals surface area contributed by atoms with Crippen molar-refractivity contribution < 1.29 is 19.8 Å².